The van der Waals surface area contributed by atoms with E-state index >= 15 is 0 Å². The fourth-order valence-corrected chi connectivity index (χ4v) is 2.68. The van der Waals surface area contributed by atoms with Crippen molar-refractivity contribution < 1.29 is 14.3 Å². The fourth-order valence-electron chi connectivity index (χ4n) is 2.68. The summed E-state index contributed by atoms with van der Waals surface area (Å²) in [5, 5.41) is 12.5. The average Bonchev–Trinajstić information content (AvgIpc) is 2.28. The van der Waals surface area contributed by atoms with E-state index in [1.54, 1.807) is 6.07 Å². The lowest BCUT2D eigenvalue weighted by Gasteiger charge is -2.33. The number of anilines is 1. The van der Waals surface area contributed by atoms with E-state index in [1.165, 1.54) is 12.1 Å². The van der Waals surface area contributed by atoms with Gasteiger partial charge in [-0.1, -0.05) is 13.8 Å². The predicted molar refractivity (Wildman–Crippen MR) is 68.1 cm³/mol. The van der Waals surface area contributed by atoms with Gasteiger partial charge in [-0.3, -0.25) is 4.79 Å². The summed E-state index contributed by atoms with van der Waals surface area (Å²) >= 11 is 0. The van der Waals surface area contributed by atoms with Crippen LogP contribution in [0.4, 0.5) is 10.1 Å². The Morgan fingerprint density at radius 1 is 1.50 bits per heavy atom. The number of hydrogen-bond acceptors (Lipinski definition) is 2. The minimum absolute atomic E-state index is 0.0713. The molecule has 1 aliphatic rings. The molecule has 1 heterocycles. The van der Waals surface area contributed by atoms with Crippen LogP contribution >= 0.6 is 0 Å². The van der Waals surface area contributed by atoms with Crippen LogP contribution in [0.3, 0.4) is 0 Å². The van der Waals surface area contributed by atoms with Crippen LogP contribution in [0.2, 0.25) is 0 Å². The van der Waals surface area contributed by atoms with E-state index in [1.807, 2.05) is 13.8 Å². The van der Waals surface area contributed by atoms with Gasteiger partial charge in [0, 0.05) is 11.7 Å². The van der Waals surface area contributed by atoms with Crippen molar-refractivity contribution in [1.82, 2.24) is 0 Å². The lowest BCUT2D eigenvalue weighted by molar-refractivity contribution is -0.143. The van der Waals surface area contributed by atoms with Crippen LogP contribution in [0.25, 0.3) is 0 Å². The van der Waals surface area contributed by atoms with Gasteiger partial charge in [0.15, 0.2) is 0 Å². The van der Waals surface area contributed by atoms with Gasteiger partial charge in [-0.2, -0.15) is 0 Å². The van der Waals surface area contributed by atoms with Gasteiger partial charge in [-0.05, 0) is 42.5 Å². The van der Waals surface area contributed by atoms with Gasteiger partial charge in [0.05, 0.1) is 5.92 Å². The summed E-state index contributed by atoms with van der Waals surface area (Å²) in [6.07, 6.45) is 1.45. The average molecular weight is 251 g/mol. The maximum absolute atomic E-state index is 13.1. The quantitative estimate of drug-likeness (QED) is 0.868. The topological polar surface area (TPSA) is 49.3 Å². The molecule has 1 unspecified atom stereocenters. The van der Waals surface area contributed by atoms with E-state index < -0.39 is 11.9 Å². The molecule has 1 aromatic carbocycles. The number of hydrogen-bond donors (Lipinski definition) is 2. The monoisotopic (exact) mass is 251 g/mol. The number of aryl methyl sites for hydroxylation is 1. The Labute approximate surface area is 106 Å². The van der Waals surface area contributed by atoms with Crippen LogP contribution in [-0.2, 0) is 11.2 Å². The zero-order valence-electron chi connectivity index (χ0n) is 10.6. The minimum atomic E-state index is -0.770. The summed E-state index contributed by atoms with van der Waals surface area (Å²) in [6.45, 7) is 3.83. The number of rotatable bonds is 3. The number of carboxylic acids is 1. The number of halogens is 1. The van der Waals surface area contributed by atoms with Crippen LogP contribution in [-0.4, -0.2) is 17.1 Å². The molecule has 1 aromatic rings. The summed E-state index contributed by atoms with van der Waals surface area (Å²) in [5.41, 5.74) is 1.79. The number of aliphatic carboxylic acids is 1. The molecule has 98 valence electrons. The van der Waals surface area contributed by atoms with Crippen LogP contribution in [0.5, 0.6) is 0 Å². The zero-order valence-corrected chi connectivity index (χ0v) is 10.6. The summed E-state index contributed by atoms with van der Waals surface area (Å²) in [5.74, 6) is -1.36. The second kappa shape index (κ2) is 4.96. The summed E-state index contributed by atoms with van der Waals surface area (Å²) in [7, 11) is 0. The number of carbonyl (C=O) groups is 1. The predicted octanol–water partition coefficient (Wildman–Crippen LogP) is 2.91. The van der Waals surface area contributed by atoms with Gasteiger partial charge in [0.1, 0.15) is 5.82 Å². The van der Waals surface area contributed by atoms with Crippen LogP contribution in [0.1, 0.15) is 25.8 Å². The lowest BCUT2D eigenvalue weighted by Crippen LogP contribution is -2.40. The summed E-state index contributed by atoms with van der Waals surface area (Å²) in [6, 6.07) is 4.53. The molecule has 2 atom stereocenters. The second-order valence-electron chi connectivity index (χ2n) is 5.20. The Kier molecular flexibility index (Phi) is 3.55. The molecule has 0 radical (unpaired) electrons. The normalized spacial score (nSPS) is 20.1. The largest absolute Gasteiger partial charge is 0.481 e. The lowest BCUT2D eigenvalue weighted by atomic mass is 9.83. The minimum Gasteiger partial charge on any atom is -0.481 e. The molecule has 3 nitrogen and oxygen atoms in total. The van der Waals surface area contributed by atoms with E-state index in [2.05, 4.69) is 5.32 Å². The number of fused-ring (bicyclic) bond motifs is 1. The summed E-state index contributed by atoms with van der Waals surface area (Å²) in [4.78, 5) is 11.3. The van der Waals surface area contributed by atoms with Crippen molar-refractivity contribution in [2.45, 2.75) is 32.7 Å². The molecule has 2 N–H and O–H groups in total. The molecule has 18 heavy (non-hydrogen) atoms. The van der Waals surface area contributed by atoms with E-state index in [9.17, 15) is 14.3 Å². The first-order valence-electron chi connectivity index (χ1n) is 6.27. The third kappa shape index (κ3) is 2.47. The molecular formula is C14H18FNO2. The molecule has 4 heteroatoms. The van der Waals surface area contributed by atoms with E-state index in [0.717, 1.165) is 24.1 Å². The SMILES string of the molecule is CC(C)C(C(=O)O)[C@H]1CCc2cc(F)ccc2N1. The van der Waals surface area contributed by atoms with Gasteiger partial charge in [-0.15, -0.1) is 0 Å². The third-order valence-electron chi connectivity index (χ3n) is 3.57. The standard InChI is InChI=1S/C14H18FNO2/c1-8(2)13(14(17)18)12-5-3-9-7-10(15)4-6-11(9)16-12/h4,6-8,12-13,16H,3,5H2,1-2H3,(H,17,18)/t12-,13?/m1/s1. The van der Waals surface area contributed by atoms with Gasteiger partial charge in [0.25, 0.3) is 0 Å². The molecule has 0 aliphatic carbocycles. The van der Waals surface area contributed by atoms with Gasteiger partial charge in [-0.25, -0.2) is 4.39 Å². The summed E-state index contributed by atoms with van der Waals surface area (Å²) < 4.78 is 13.1. The third-order valence-corrected chi connectivity index (χ3v) is 3.57. The highest BCUT2D eigenvalue weighted by molar-refractivity contribution is 5.72. The van der Waals surface area contributed by atoms with Gasteiger partial charge >= 0.3 is 5.97 Å². The van der Waals surface area contributed by atoms with E-state index in [-0.39, 0.29) is 17.8 Å². The molecule has 1 aliphatic heterocycles. The highest BCUT2D eigenvalue weighted by Crippen LogP contribution is 2.31. The molecule has 0 saturated carbocycles. The number of nitrogens with one attached hydrogen (secondary N) is 1. The second-order valence-corrected chi connectivity index (χ2v) is 5.20. The first kappa shape index (κ1) is 12.9. The van der Waals surface area contributed by atoms with Crippen LogP contribution < -0.4 is 5.32 Å². The van der Waals surface area contributed by atoms with Crippen molar-refractivity contribution in [3.63, 3.8) is 0 Å². The Morgan fingerprint density at radius 3 is 2.83 bits per heavy atom. The Morgan fingerprint density at radius 2 is 2.22 bits per heavy atom. The molecule has 2 rings (SSSR count). The van der Waals surface area contributed by atoms with Crippen molar-refractivity contribution in [2.24, 2.45) is 11.8 Å². The number of carboxylic acid groups (broad SMARTS) is 1. The first-order valence-corrected chi connectivity index (χ1v) is 6.27. The molecular weight excluding hydrogens is 233 g/mol. The highest BCUT2D eigenvalue weighted by atomic mass is 19.1. The maximum Gasteiger partial charge on any atom is 0.308 e. The molecule has 0 aromatic heterocycles. The number of benzene rings is 1. The fraction of sp³-hybridized carbons (Fsp3) is 0.500. The van der Waals surface area contributed by atoms with E-state index in [4.69, 9.17) is 0 Å². The molecule has 0 spiro atoms. The van der Waals surface area contributed by atoms with Crippen molar-refractivity contribution in [3.05, 3.63) is 29.6 Å². The van der Waals surface area contributed by atoms with Crippen LogP contribution in [0, 0.1) is 17.7 Å². The van der Waals surface area contributed by atoms with Crippen molar-refractivity contribution in [3.8, 4) is 0 Å². The smallest absolute Gasteiger partial charge is 0.308 e. The zero-order chi connectivity index (χ0) is 13.3. The Hall–Kier alpha value is -1.58. The molecule has 0 amide bonds. The van der Waals surface area contributed by atoms with Crippen molar-refractivity contribution in [1.29, 1.82) is 0 Å². The molecule has 0 bridgehead atoms. The highest BCUT2D eigenvalue weighted by Gasteiger charge is 2.33. The van der Waals surface area contributed by atoms with Gasteiger partial charge in [0.2, 0.25) is 0 Å². The maximum atomic E-state index is 13.1. The van der Waals surface area contributed by atoms with Crippen molar-refractivity contribution >= 4 is 11.7 Å². The first-order chi connectivity index (χ1) is 8.49. The van der Waals surface area contributed by atoms with Crippen LogP contribution in [0.15, 0.2) is 18.2 Å². The van der Waals surface area contributed by atoms with E-state index in [0.29, 0.717) is 0 Å². The molecule has 0 fully saturated rings. The molecule has 0 saturated heterocycles. The Bertz CT molecular complexity index is 459. The Balaban J connectivity index is 2.21. The van der Waals surface area contributed by atoms with Crippen molar-refractivity contribution in [2.75, 3.05) is 5.32 Å². The van der Waals surface area contributed by atoms with Gasteiger partial charge < -0.3 is 10.4 Å².